The van der Waals surface area contributed by atoms with Gasteiger partial charge in [-0.1, -0.05) is 18.5 Å². The van der Waals surface area contributed by atoms with Crippen molar-refractivity contribution in [2.75, 3.05) is 20.3 Å². The summed E-state index contributed by atoms with van der Waals surface area (Å²) in [6.07, 6.45) is -4.74. The van der Waals surface area contributed by atoms with E-state index in [1.54, 1.807) is 6.92 Å². The summed E-state index contributed by atoms with van der Waals surface area (Å²) >= 11 is 5.98. The minimum atomic E-state index is -4.78. The molecule has 2 aromatic rings. The Morgan fingerprint density at radius 2 is 1.77 bits per heavy atom. The maximum atomic E-state index is 13.8. The van der Waals surface area contributed by atoms with Gasteiger partial charge in [-0.3, -0.25) is 9.59 Å². The number of rotatable bonds is 10. The normalized spacial score (nSPS) is 12.9. The molecule has 0 saturated carbocycles. The summed E-state index contributed by atoms with van der Waals surface area (Å²) < 4.78 is 91.6. The summed E-state index contributed by atoms with van der Waals surface area (Å²) in [6.45, 7) is -0.604. The Morgan fingerprint density at radius 1 is 1.11 bits per heavy atom. The number of hydrogen-bond donors (Lipinski definition) is 2. The van der Waals surface area contributed by atoms with Gasteiger partial charge in [-0.15, -0.1) is 0 Å². The second kappa shape index (κ2) is 11.6. The highest BCUT2D eigenvalue weighted by Crippen LogP contribution is 2.23. The van der Waals surface area contributed by atoms with E-state index in [0.29, 0.717) is 0 Å². The number of amides is 1. The number of Topliss-reactive ketones (excluding diaryl/α,β-unsaturated/α-hetero) is 1. The zero-order valence-corrected chi connectivity index (χ0v) is 20.7. The molecule has 8 nitrogen and oxygen atoms in total. The average Bonchev–Trinajstić information content (AvgIpc) is 2.80. The summed E-state index contributed by atoms with van der Waals surface area (Å²) in [6, 6.07) is 6.12. The van der Waals surface area contributed by atoms with Crippen LogP contribution in [0.25, 0.3) is 0 Å². The molecule has 0 aliphatic heterocycles. The number of carbonyl (C=O) groups excluding carboxylic acids is 2. The van der Waals surface area contributed by atoms with Crippen molar-refractivity contribution in [1.82, 2.24) is 14.3 Å². The van der Waals surface area contributed by atoms with Crippen LogP contribution in [-0.2, 0) is 21.0 Å². The minimum absolute atomic E-state index is 0.0406. The third-order valence-electron chi connectivity index (χ3n) is 4.49. The van der Waals surface area contributed by atoms with E-state index >= 15 is 0 Å². The molecule has 1 unspecified atom stereocenters. The maximum absolute atomic E-state index is 13.8. The largest absolute Gasteiger partial charge is 0.402 e. The first-order chi connectivity index (χ1) is 16.2. The Morgan fingerprint density at radius 3 is 2.37 bits per heavy atom. The molecule has 0 radical (unpaired) electrons. The monoisotopic (exact) mass is 557 g/mol. The number of ketones is 1. The van der Waals surface area contributed by atoms with Crippen LogP contribution < -0.4 is 9.44 Å². The van der Waals surface area contributed by atoms with Crippen LogP contribution in [0.3, 0.4) is 0 Å². The summed E-state index contributed by atoms with van der Waals surface area (Å²) in [5, 5.41) is -0.168. The van der Waals surface area contributed by atoms with Gasteiger partial charge in [0, 0.05) is 13.5 Å². The first kappa shape index (κ1) is 28.8. The number of alkyl halides is 3. The topological polar surface area (TPSA) is 113 Å². The highest BCUT2D eigenvalue weighted by atomic mass is 35.5. The number of nitrogens with zero attached hydrogens (tertiary/aromatic N) is 1. The Balaban J connectivity index is 2.15. The van der Waals surface area contributed by atoms with Crippen LogP contribution in [0.2, 0.25) is 5.02 Å². The summed E-state index contributed by atoms with van der Waals surface area (Å²) in [5.41, 5.74) is -0.553. The van der Waals surface area contributed by atoms with Gasteiger partial charge in [0.05, 0.1) is 32.6 Å². The Kier molecular flexibility index (Phi) is 9.53. The van der Waals surface area contributed by atoms with Crippen molar-refractivity contribution in [2.24, 2.45) is 0 Å². The molecule has 0 fully saturated rings. The van der Waals surface area contributed by atoms with Crippen LogP contribution in [0.5, 0.6) is 0 Å². The minimum Gasteiger partial charge on any atom is -0.328 e. The van der Waals surface area contributed by atoms with Gasteiger partial charge in [-0.05, 0) is 36.4 Å². The Bertz CT molecular complexity index is 1260. The van der Waals surface area contributed by atoms with Crippen LogP contribution in [0.15, 0.2) is 46.2 Å². The predicted octanol–water partition coefficient (Wildman–Crippen LogP) is 3.25. The SMILES string of the molecule is CCC(=O)c1cc(S(=O)NCN(C)C(=O)c2cc(S(=O)(=O)NCC(F)(F)F)ccc2Cl)ccc1F. The number of carbonyl (C=O) groups is 2. The molecule has 192 valence electrons. The number of nitrogens with one attached hydrogen (secondary N) is 2. The van der Waals surface area contributed by atoms with E-state index in [2.05, 4.69) is 4.72 Å². The predicted molar refractivity (Wildman–Crippen MR) is 120 cm³/mol. The van der Waals surface area contributed by atoms with E-state index in [0.717, 1.165) is 35.2 Å². The average molecular weight is 558 g/mol. The quantitative estimate of drug-likeness (QED) is 0.265. The zero-order chi connectivity index (χ0) is 26.6. The van der Waals surface area contributed by atoms with Crippen LogP contribution in [0.4, 0.5) is 17.6 Å². The van der Waals surface area contributed by atoms with Crippen molar-refractivity contribution >= 4 is 44.3 Å². The van der Waals surface area contributed by atoms with Gasteiger partial charge in [0.1, 0.15) is 23.3 Å². The summed E-state index contributed by atoms with van der Waals surface area (Å²) in [5.74, 6) is -2.07. The van der Waals surface area contributed by atoms with Crippen molar-refractivity contribution < 1.29 is 39.8 Å². The lowest BCUT2D eigenvalue weighted by molar-refractivity contribution is -0.121. The Labute approximate surface area is 206 Å². The molecular weight excluding hydrogens is 538 g/mol. The summed E-state index contributed by atoms with van der Waals surface area (Å²) in [7, 11) is -5.28. The first-order valence-electron chi connectivity index (χ1n) is 9.75. The van der Waals surface area contributed by atoms with Gasteiger partial charge in [0.2, 0.25) is 10.0 Å². The van der Waals surface area contributed by atoms with E-state index in [4.69, 9.17) is 11.6 Å². The molecule has 2 aromatic carbocycles. The zero-order valence-electron chi connectivity index (χ0n) is 18.3. The summed E-state index contributed by atoms with van der Waals surface area (Å²) in [4.78, 5) is 25.0. The number of benzene rings is 2. The van der Waals surface area contributed by atoms with Crippen molar-refractivity contribution in [3.8, 4) is 0 Å². The molecule has 1 atom stereocenters. The number of sulfonamides is 1. The second-order valence-electron chi connectivity index (χ2n) is 7.07. The third kappa shape index (κ3) is 7.80. The molecule has 0 aliphatic carbocycles. The van der Waals surface area contributed by atoms with Gasteiger partial charge < -0.3 is 4.90 Å². The van der Waals surface area contributed by atoms with E-state index in [-0.39, 0.29) is 34.1 Å². The van der Waals surface area contributed by atoms with Gasteiger partial charge in [-0.25, -0.2) is 26.5 Å². The van der Waals surface area contributed by atoms with Gasteiger partial charge in [0.15, 0.2) is 5.78 Å². The van der Waals surface area contributed by atoms with Crippen molar-refractivity contribution in [1.29, 1.82) is 0 Å². The van der Waals surface area contributed by atoms with E-state index in [1.165, 1.54) is 17.8 Å². The standard InChI is InChI=1S/C20H20ClF4N3O5S2/c1-3-18(29)15-8-12(4-7-17(15)22)34(31)26-11-28(2)19(30)14-9-13(5-6-16(14)21)35(32,33)27-10-20(23,24)25/h4-9,26-27H,3,10-11H2,1-2H3. The smallest absolute Gasteiger partial charge is 0.328 e. The molecule has 2 rings (SSSR count). The molecule has 0 spiro atoms. The lowest BCUT2D eigenvalue weighted by Crippen LogP contribution is -2.37. The fourth-order valence-corrected chi connectivity index (χ4v) is 4.77. The molecule has 0 heterocycles. The molecular formula is C20H20ClF4N3O5S2. The molecule has 15 heteroatoms. The Hall–Kier alpha value is -2.39. The molecule has 35 heavy (non-hydrogen) atoms. The van der Waals surface area contributed by atoms with Gasteiger partial charge in [0.25, 0.3) is 5.91 Å². The molecule has 0 aliphatic rings. The highest BCUT2D eigenvalue weighted by molar-refractivity contribution is 7.89. The number of halogens is 5. The highest BCUT2D eigenvalue weighted by Gasteiger charge is 2.30. The van der Waals surface area contributed by atoms with Crippen LogP contribution in [-0.4, -0.2) is 55.7 Å². The molecule has 2 N–H and O–H groups in total. The van der Waals surface area contributed by atoms with Crippen molar-refractivity contribution in [3.63, 3.8) is 0 Å². The van der Waals surface area contributed by atoms with Crippen molar-refractivity contribution in [2.45, 2.75) is 29.3 Å². The van der Waals surface area contributed by atoms with Crippen LogP contribution in [0.1, 0.15) is 34.1 Å². The fraction of sp³-hybridized carbons (Fsp3) is 0.300. The third-order valence-corrected chi connectivity index (χ3v) is 7.30. The van der Waals surface area contributed by atoms with Crippen LogP contribution >= 0.6 is 11.6 Å². The van der Waals surface area contributed by atoms with E-state index < -0.39 is 56.1 Å². The molecule has 1 amide bonds. The number of hydrogen-bond acceptors (Lipinski definition) is 5. The van der Waals surface area contributed by atoms with Gasteiger partial charge >= 0.3 is 6.18 Å². The van der Waals surface area contributed by atoms with Gasteiger partial charge in [-0.2, -0.15) is 13.2 Å². The van der Waals surface area contributed by atoms with E-state index in [1.807, 2.05) is 0 Å². The fourth-order valence-electron chi connectivity index (χ4n) is 2.64. The molecule has 0 saturated heterocycles. The molecule has 0 aromatic heterocycles. The van der Waals surface area contributed by atoms with Crippen molar-refractivity contribution in [3.05, 3.63) is 58.4 Å². The lowest BCUT2D eigenvalue weighted by atomic mass is 10.1. The lowest BCUT2D eigenvalue weighted by Gasteiger charge is -2.19. The van der Waals surface area contributed by atoms with Crippen LogP contribution in [0, 0.1) is 5.82 Å². The maximum Gasteiger partial charge on any atom is 0.402 e. The molecule has 0 bridgehead atoms. The first-order valence-corrected chi connectivity index (χ1v) is 12.8. The second-order valence-corrected chi connectivity index (χ2v) is 10.5. The van der Waals surface area contributed by atoms with E-state index in [9.17, 15) is 39.8 Å².